The van der Waals surface area contributed by atoms with Gasteiger partial charge in [0.15, 0.2) is 0 Å². The van der Waals surface area contributed by atoms with E-state index in [0.29, 0.717) is 11.1 Å². The Morgan fingerprint density at radius 2 is 1.70 bits per heavy atom. The summed E-state index contributed by atoms with van der Waals surface area (Å²) in [5.41, 5.74) is 1.53. The number of aryl methyl sites for hydroxylation is 1. The Labute approximate surface area is 157 Å². The first-order chi connectivity index (χ1) is 12.9. The average Bonchev–Trinajstić information content (AvgIpc) is 2.89. The number of carboxylic acid groups (broad SMARTS) is 1. The molecule has 140 valence electrons. The number of anilines is 1. The van der Waals surface area contributed by atoms with Crippen LogP contribution in [-0.4, -0.2) is 28.0 Å². The first kappa shape index (κ1) is 18.6. The average molecular weight is 367 g/mol. The fraction of sp³-hybridized carbons (Fsp3) is 0.286. The van der Waals surface area contributed by atoms with Crippen LogP contribution >= 0.6 is 0 Å². The number of aromatic carboxylic acids is 1. The Hall–Kier alpha value is -3.15. The smallest absolute Gasteiger partial charge is 0.339 e. The topological polar surface area (TPSA) is 94.9 Å². The minimum Gasteiger partial charge on any atom is -0.507 e. The van der Waals surface area contributed by atoms with Crippen molar-refractivity contribution in [2.45, 2.75) is 39.0 Å². The molecule has 0 atom stereocenters. The van der Waals surface area contributed by atoms with E-state index in [0.717, 1.165) is 42.2 Å². The number of nitrogens with zero attached hydrogens (tertiary/aromatic N) is 1. The number of fused-ring (bicyclic) bond motifs is 1. The van der Waals surface area contributed by atoms with Gasteiger partial charge in [-0.15, -0.1) is 0 Å². The molecule has 2 aromatic rings. The van der Waals surface area contributed by atoms with Gasteiger partial charge in [0.25, 0.3) is 11.8 Å². The van der Waals surface area contributed by atoms with E-state index < -0.39 is 23.5 Å². The summed E-state index contributed by atoms with van der Waals surface area (Å²) in [7, 11) is 0. The zero-order chi connectivity index (χ0) is 19.6. The fourth-order valence-electron chi connectivity index (χ4n) is 3.27. The van der Waals surface area contributed by atoms with Crippen molar-refractivity contribution in [2.24, 2.45) is 0 Å². The summed E-state index contributed by atoms with van der Waals surface area (Å²) in [5.74, 6) is -2.72. The molecule has 0 saturated carbocycles. The largest absolute Gasteiger partial charge is 0.507 e. The Morgan fingerprint density at radius 1 is 0.963 bits per heavy atom. The number of carbonyl (C=O) groups excluding carboxylic acids is 2. The molecule has 0 fully saturated rings. The van der Waals surface area contributed by atoms with E-state index in [-0.39, 0.29) is 11.3 Å². The van der Waals surface area contributed by atoms with Crippen molar-refractivity contribution >= 4 is 23.5 Å². The summed E-state index contributed by atoms with van der Waals surface area (Å²) in [5, 5.41) is 18.9. The summed E-state index contributed by atoms with van der Waals surface area (Å²) in [6.07, 6.45) is 5.33. The molecule has 0 aromatic heterocycles. The van der Waals surface area contributed by atoms with Gasteiger partial charge in [0.2, 0.25) is 0 Å². The third kappa shape index (κ3) is 3.56. The number of phenols is 1. The molecule has 0 saturated heterocycles. The van der Waals surface area contributed by atoms with Crippen molar-refractivity contribution in [1.82, 2.24) is 0 Å². The van der Waals surface area contributed by atoms with Crippen LogP contribution in [0.1, 0.15) is 69.2 Å². The summed E-state index contributed by atoms with van der Waals surface area (Å²) in [6.45, 7) is 2.15. The molecule has 1 heterocycles. The van der Waals surface area contributed by atoms with Crippen LogP contribution in [0, 0.1) is 0 Å². The van der Waals surface area contributed by atoms with Gasteiger partial charge in [0.05, 0.1) is 16.8 Å². The maximum atomic E-state index is 12.8. The number of amides is 2. The van der Waals surface area contributed by atoms with Crippen LogP contribution in [0.15, 0.2) is 36.4 Å². The van der Waals surface area contributed by atoms with Gasteiger partial charge in [-0.1, -0.05) is 32.3 Å². The highest BCUT2D eigenvalue weighted by Crippen LogP contribution is 2.32. The lowest BCUT2D eigenvalue weighted by Crippen LogP contribution is -2.29. The van der Waals surface area contributed by atoms with Crippen LogP contribution in [0.3, 0.4) is 0 Å². The number of benzene rings is 2. The van der Waals surface area contributed by atoms with Gasteiger partial charge < -0.3 is 10.2 Å². The Bertz CT molecular complexity index is 919. The molecule has 1 aliphatic rings. The second-order valence-corrected chi connectivity index (χ2v) is 6.64. The van der Waals surface area contributed by atoms with Gasteiger partial charge in [-0.2, -0.15) is 0 Å². The highest BCUT2D eigenvalue weighted by Gasteiger charge is 2.37. The second kappa shape index (κ2) is 7.61. The molecule has 6 heteroatoms. The summed E-state index contributed by atoms with van der Waals surface area (Å²) in [6, 6.07) is 8.93. The number of carboxylic acids is 1. The van der Waals surface area contributed by atoms with E-state index in [2.05, 4.69) is 6.92 Å². The van der Waals surface area contributed by atoms with Crippen molar-refractivity contribution in [3.63, 3.8) is 0 Å². The molecule has 0 unspecified atom stereocenters. The van der Waals surface area contributed by atoms with Gasteiger partial charge in [0, 0.05) is 6.07 Å². The third-order valence-corrected chi connectivity index (χ3v) is 4.74. The summed E-state index contributed by atoms with van der Waals surface area (Å²) < 4.78 is 0. The SMILES string of the molecule is CCCCCCc1ccc2c(c1)C(=O)N(c1ccc(C(=O)O)c(O)c1)C2=O. The van der Waals surface area contributed by atoms with E-state index in [9.17, 15) is 19.5 Å². The number of carbonyl (C=O) groups is 3. The molecule has 0 radical (unpaired) electrons. The molecular formula is C21H21NO5. The van der Waals surface area contributed by atoms with Crippen LogP contribution in [0.25, 0.3) is 0 Å². The van der Waals surface area contributed by atoms with E-state index in [1.165, 1.54) is 18.6 Å². The maximum Gasteiger partial charge on any atom is 0.339 e. The highest BCUT2D eigenvalue weighted by atomic mass is 16.4. The normalized spacial score (nSPS) is 13.1. The minimum atomic E-state index is -1.28. The zero-order valence-corrected chi connectivity index (χ0v) is 15.1. The predicted octanol–water partition coefficient (Wildman–Crippen LogP) is 4.01. The number of hydrogen-bond donors (Lipinski definition) is 2. The number of unbranched alkanes of at least 4 members (excludes halogenated alkanes) is 3. The molecule has 2 amide bonds. The standard InChI is InChI=1S/C21H21NO5/c1-2-3-4-5-6-13-7-9-15-17(11-13)20(25)22(19(15)24)14-8-10-16(21(26)27)18(23)12-14/h7-12,23H,2-6H2,1H3,(H,26,27). The van der Waals surface area contributed by atoms with Gasteiger partial charge in [-0.05, 0) is 42.7 Å². The van der Waals surface area contributed by atoms with Gasteiger partial charge in [-0.25, -0.2) is 9.69 Å². The molecule has 3 rings (SSSR count). The second-order valence-electron chi connectivity index (χ2n) is 6.64. The Morgan fingerprint density at radius 3 is 2.37 bits per heavy atom. The van der Waals surface area contributed by atoms with E-state index in [1.807, 2.05) is 6.07 Å². The lowest BCUT2D eigenvalue weighted by Gasteiger charge is -2.14. The summed E-state index contributed by atoms with van der Waals surface area (Å²) in [4.78, 5) is 37.4. The molecule has 0 spiro atoms. The van der Waals surface area contributed by atoms with Crippen molar-refractivity contribution in [2.75, 3.05) is 4.90 Å². The molecule has 27 heavy (non-hydrogen) atoms. The van der Waals surface area contributed by atoms with Crippen molar-refractivity contribution in [3.8, 4) is 5.75 Å². The lowest BCUT2D eigenvalue weighted by molar-refractivity contribution is 0.0693. The number of aromatic hydroxyl groups is 1. The quantitative estimate of drug-likeness (QED) is 0.569. The Balaban J connectivity index is 1.85. The molecule has 0 bridgehead atoms. The fourth-order valence-corrected chi connectivity index (χ4v) is 3.27. The predicted molar refractivity (Wildman–Crippen MR) is 100 cm³/mol. The summed E-state index contributed by atoms with van der Waals surface area (Å²) >= 11 is 0. The third-order valence-electron chi connectivity index (χ3n) is 4.74. The zero-order valence-electron chi connectivity index (χ0n) is 15.1. The van der Waals surface area contributed by atoms with Gasteiger partial charge in [0.1, 0.15) is 11.3 Å². The molecule has 2 N–H and O–H groups in total. The van der Waals surface area contributed by atoms with Crippen molar-refractivity contribution < 1.29 is 24.6 Å². The van der Waals surface area contributed by atoms with Crippen LogP contribution in [-0.2, 0) is 6.42 Å². The molecule has 6 nitrogen and oxygen atoms in total. The van der Waals surface area contributed by atoms with E-state index in [1.54, 1.807) is 12.1 Å². The molecular weight excluding hydrogens is 346 g/mol. The molecule has 1 aliphatic heterocycles. The Kier molecular flexibility index (Phi) is 5.26. The van der Waals surface area contributed by atoms with Crippen LogP contribution < -0.4 is 4.90 Å². The molecule has 2 aromatic carbocycles. The lowest BCUT2D eigenvalue weighted by atomic mass is 10.0. The van der Waals surface area contributed by atoms with E-state index >= 15 is 0 Å². The maximum absolute atomic E-state index is 12.8. The van der Waals surface area contributed by atoms with Crippen LogP contribution in [0.2, 0.25) is 0 Å². The number of hydrogen-bond acceptors (Lipinski definition) is 4. The van der Waals surface area contributed by atoms with Crippen LogP contribution in [0.5, 0.6) is 5.75 Å². The highest BCUT2D eigenvalue weighted by molar-refractivity contribution is 6.34. The molecule has 0 aliphatic carbocycles. The van der Waals surface area contributed by atoms with Gasteiger partial charge >= 0.3 is 5.97 Å². The van der Waals surface area contributed by atoms with E-state index in [4.69, 9.17) is 5.11 Å². The first-order valence-corrected chi connectivity index (χ1v) is 9.02. The van der Waals surface area contributed by atoms with Gasteiger partial charge in [-0.3, -0.25) is 9.59 Å². The van der Waals surface area contributed by atoms with Crippen molar-refractivity contribution in [3.05, 3.63) is 58.7 Å². The monoisotopic (exact) mass is 367 g/mol. The first-order valence-electron chi connectivity index (χ1n) is 9.02. The minimum absolute atomic E-state index is 0.146. The number of rotatable bonds is 7. The van der Waals surface area contributed by atoms with Crippen LogP contribution in [0.4, 0.5) is 5.69 Å². The van der Waals surface area contributed by atoms with Crippen molar-refractivity contribution in [1.29, 1.82) is 0 Å². The number of imide groups is 1.